The minimum Gasteiger partial charge on any atom is -0.462 e. The Morgan fingerprint density at radius 3 is 2.35 bits per heavy atom. The number of esters is 2. The molecule has 0 spiro atoms. The minimum absolute atomic E-state index is 0.150. The zero-order chi connectivity index (χ0) is 24.7. The van der Waals surface area contributed by atoms with E-state index in [0.717, 1.165) is 5.56 Å². The summed E-state index contributed by atoms with van der Waals surface area (Å²) in [6.07, 6.45) is -1.16. The average molecular weight is 500 g/mol. The third-order valence-corrected chi connectivity index (χ3v) is 7.13. The molecule has 3 aromatic rings. The topological polar surface area (TPSA) is 98.8 Å². The van der Waals surface area contributed by atoms with Gasteiger partial charge in [-0.2, -0.15) is 0 Å². The lowest BCUT2D eigenvalue weighted by Crippen LogP contribution is -2.30. The molecule has 0 aliphatic rings. The number of ether oxygens (including phenoxy) is 2. The van der Waals surface area contributed by atoms with Crippen molar-refractivity contribution in [3.8, 4) is 11.1 Å². The molecule has 1 amide bonds. The Kier molecular flexibility index (Phi) is 8.72. The van der Waals surface area contributed by atoms with E-state index >= 15 is 0 Å². The number of hydrogen-bond donors (Lipinski definition) is 1. The number of carbonyl (C=O) groups is 3. The van der Waals surface area contributed by atoms with Crippen LogP contribution in [-0.4, -0.2) is 40.5 Å². The zero-order valence-electron chi connectivity index (χ0n) is 19.0. The summed E-state index contributed by atoms with van der Waals surface area (Å²) in [5.74, 6) is -1.56. The number of carbonyl (C=O) groups excluding carboxylic acids is 3. The number of rotatable bonds is 9. The van der Waals surface area contributed by atoms with Crippen molar-refractivity contribution < 1.29 is 28.1 Å². The van der Waals surface area contributed by atoms with Crippen molar-refractivity contribution in [1.29, 1.82) is 0 Å². The van der Waals surface area contributed by atoms with Gasteiger partial charge in [0.05, 0.1) is 27.9 Å². The van der Waals surface area contributed by atoms with Crippen molar-refractivity contribution in [3.63, 3.8) is 0 Å². The molecule has 0 saturated carbocycles. The molecule has 0 radical (unpaired) electrons. The van der Waals surface area contributed by atoms with E-state index in [2.05, 4.69) is 5.32 Å². The lowest BCUT2D eigenvalue weighted by molar-refractivity contribution is -0.123. The minimum atomic E-state index is -1.36. The SMILES string of the molecule is CCOC(=O)c1c(-c2ccccc2)csc1NC(=O)[C@@H](C)OC(=O)c1ccccc1[S@@](=O)CC. The van der Waals surface area contributed by atoms with E-state index < -0.39 is 34.7 Å². The molecule has 0 unspecified atom stereocenters. The van der Waals surface area contributed by atoms with Crippen molar-refractivity contribution in [2.45, 2.75) is 31.8 Å². The molecule has 0 aliphatic carbocycles. The summed E-state index contributed by atoms with van der Waals surface area (Å²) in [6.45, 7) is 5.07. The molecular weight excluding hydrogens is 474 g/mol. The van der Waals surface area contributed by atoms with Crippen LogP contribution in [0.15, 0.2) is 64.9 Å². The van der Waals surface area contributed by atoms with Crippen LogP contribution in [0.2, 0.25) is 0 Å². The third-order valence-electron chi connectivity index (χ3n) is 4.86. The molecule has 9 heteroatoms. The highest BCUT2D eigenvalue weighted by Crippen LogP contribution is 2.36. The van der Waals surface area contributed by atoms with Gasteiger partial charge in [0.1, 0.15) is 10.6 Å². The van der Waals surface area contributed by atoms with Gasteiger partial charge in [0.15, 0.2) is 6.10 Å². The third kappa shape index (κ3) is 5.78. The standard InChI is InChI=1S/C25H25NO6S2/c1-4-31-25(29)21-19(17-11-7-6-8-12-17)15-33-23(21)26-22(27)16(3)32-24(28)18-13-9-10-14-20(18)34(30)5-2/h6-16H,4-5H2,1-3H3,(H,26,27)/t16-,34+/m1/s1. The van der Waals surface area contributed by atoms with Crippen molar-refractivity contribution in [1.82, 2.24) is 0 Å². The maximum atomic E-state index is 12.8. The number of nitrogens with one attached hydrogen (secondary N) is 1. The Morgan fingerprint density at radius 2 is 1.68 bits per heavy atom. The summed E-state index contributed by atoms with van der Waals surface area (Å²) >= 11 is 1.18. The van der Waals surface area contributed by atoms with Crippen LogP contribution in [0.4, 0.5) is 5.00 Å². The van der Waals surface area contributed by atoms with Crippen LogP contribution in [0.25, 0.3) is 11.1 Å². The molecule has 1 heterocycles. The quantitative estimate of drug-likeness (QED) is 0.420. The summed E-state index contributed by atoms with van der Waals surface area (Å²) < 4.78 is 22.8. The molecule has 1 aromatic heterocycles. The maximum absolute atomic E-state index is 12.8. The first-order valence-electron chi connectivity index (χ1n) is 10.7. The number of hydrogen-bond acceptors (Lipinski definition) is 7. The van der Waals surface area contributed by atoms with Gasteiger partial charge in [0.25, 0.3) is 5.91 Å². The van der Waals surface area contributed by atoms with E-state index in [4.69, 9.17) is 9.47 Å². The Morgan fingerprint density at radius 1 is 1.00 bits per heavy atom. The van der Waals surface area contributed by atoms with Crippen LogP contribution < -0.4 is 5.32 Å². The molecule has 178 valence electrons. The van der Waals surface area contributed by atoms with Gasteiger partial charge in [-0.25, -0.2) is 9.59 Å². The van der Waals surface area contributed by atoms with Crippen LogP contribution >= 0.6 is 11.3 Å². The monoisotopic (exact) mass is 499 g/mol. The van der Waals surface area contributed by atoms with Gasteiger partial charge in [0, 0.05) is 16.7 Å². The Bertz CT molecular complexity index is 1210. The maximum Gasteiger partial charge on any atom is 0.341 e. The second-order valence-corrected chi connectivity index (χ2v) is 9.70. The molecule has 0 fully saturated rings. The second kappa shape index (κ2) is 11.7. The number of thiophene rings is 1. The molecule has 34 heavy (non-hydrogen) atoms. The summed E-state index contributed by atoms with van der Waals surface area (Å²) in [5, 5.41) is 4.76. The largest absolute Gasteiger partial charge is 0.462 e. The zero-order valence-corrected chi connectivity index (χ0v) is 20.7. The second-order valence-electron chi connectivity index (χ2n) is 7.11. The summed E-state index contributed by atoms with van der Waals surface area (Å²) in [5.41, 5.74) is 1.84. The Balaban J connectivity index is 1.80. The van der Waals surface area contributed by atoms with Gasteiger partial charge in [-0.3, -0.25) is 9.00 Å². The first-order valence-corrected chi connectivity index (χ1v) is 12.9. The van der Waals surface area contributed by atoms with Crippen molar-refractivity contribution in [3.05, 3.63) is 71.1 Å². The van der Waals surface area contributed by atoms with Crippen LogP contribution in [0.3, 0.4) is 0 Å². The molecular formula is C25H25NO6S2. The normalized spacial score (nSPS) is 12.4. The van der Waals surface area contributed by atoms with Crippen LogP contribution in [0.1, 0.15) is 41.5 Å². The van der Waals surface area contributed by atoms with Crippen molar-refractivity contribution >= 4 is 45.0 Å². The highest BCUT2D eigenvalue weighted by molar-refractivity contribution is 7.85. The first-order chi connectivity index (χ1) is 16.4. The summed E-state index contributed by atoms with van der Waals surface area (Å²) in [7, 11) is -1.36. The predicted octanol–water partition coefficient (Wildman–Crippen LogP) is 4.90. The van der Waals surface area contributed by atoms with Gasteiger partial charge in [-0.1, -0.05) is 49.4 Å². The molecule has 1 N–H and O–H groups in total. The van der Waals surface area contributed by atoms with Crippen molar-refractivity contribution in [2.24, 2.45) is 0 Å². The fourth-order valence-corrected chi connectivity index (χ4v) is 5.06. The first kappa shape index (κ1) is 25.3. The van der Waals surface area contributed by atoms with Gasteiger partial charge in [-0.05, 0) is 31.5 Å². The highest BCUT2D eigenvalue weighted by atomic mass is 32.2. The lowest BCUT2D eigenvalue weighted by atomic mass is 10.0. The van der Waals surface area contributed by atoms with E-state index in [1.807, 2.05) is 30.3 Å². The molecule has 0 aliphatic heterocycles. The lowest BCUT2D eigenvalue weighted by Gasteiger charge is -2.15. The molecule has 0 bridgehead atoms. The van der Waals surface area contributed by atoms with Gasteiger partial charge in [-0.15, -0.1) is 11.3 Å². The van der Waals surface area contributed by atoms with Gasteiger partial charge >= 0.3 is 11.9 Å². The molecule has 7 nitrogen and oxygen atoms in total. The van der Waals surface area contributed by atoms with Gasteiger partial charge in [0.2, 0.25) is 0 Å². The van der Waals surface area contributed by atoms with E-state index in [9.17, 15) is 18.6 Å². The molecule has 3 rings (SSSR count). The smallest absolute Gasteiger partial charge is 0.341 e. The number of amides is 1. The predicted molar refractivity (Wildman–Crippen MR) is 133 cm³/mol. The summed E-state index contributed by atoms with van der Waals surface area (Å²) in [4.78, 5) is 38.6. The number of benzene rings is 2. The van der Waals surface area contributed by atoms with Crippen molar-refractivity contribution in [2.75, 3.05) is 17.7 Å². The number of anilines is 1. The molecule has 0 saturated heterocycles. The van der Waals surface area contributed by atoms with Crippen LogP contribution in [0, 0.1) is 0 Å². The fraction of sp³-hybridized carbons (Fsp3) is 0.240. The molecule has 2 aromatic carbocycles. The average Bonchev–Trinajstić information content (AvgIpc) is 3.27. The fourth-order valence-electron chi connectivity index (χ4n) is 3.17. The van der Waals surface area contributed by atoms with E-state index in [1.54, 1.807) is 37.4 Å². The van der Waals surface area contributed by atoms with E-state index in [0.29, 0.717) is 21.2 Å². The Labute approximate surface area is 204 Å². The summed E-state index contributed by atoms with van der Waals surface area (Å²) in [6, 6.07) is 15.7. The van der Waals surface area contributed by atoms with Gasteiger partial charge < -0.3 is 14.8 Å². The molecule has 2 atom stereocenters. The Hall–Kier alpha value is -3.30. The van der Waals surface area contributed by atoms with E-state index in [-0.39, 0.29) is 17.7 Å². The van der Waals surface area contributed by atoms with E-state index in [1.165, 1.54) is 24.3 Å². The highest BCUT2D eigenvalue weighted by Gasteiger charge is 2.26. The van der Waals surface area contributed by atoms with Crippen LogP contribution in [-0.2, 0) is 25.1 Å². The van der Waals surface area contributed by atoms with Crippen LogP contribution in [0.5, 0.6) is 0 Å².